The quantitative estimate of drug-likeness (QED) is 0.427. The number of guanidine groups is 1. The average molecular weight is 428 g/mol. The first kappa shape index (κ1) is 26.5. The summed E-state index contributed by atoms with van der Waals surface area (Å²) in [4.78, 5) is 23.6. The van der Waals surface area contributed by atoms with Crippen molar-refractivity contribution in [3.8, 4) is 0 Å². The number of methoxy groups -OCH3 is 1. The van der Waals surface area contributed by atoms with Gasteiger partial charge >= 0.3 is 6.09 Å². The fourth-order valence-electron chi connectivity index (χ4n) is 3.41. The molecule has 1 aliphatic rings. The summed E-state index contributed by atoms with van der Waals surface area (Å²) in [6.07, 6.45) is 1.90. The molecule has 8 heteroatoms. The molecule has 0 saturated carbocycles. The van der Waals surface area contributed by atoms with Crippen LogP contribution in [-0.2, 0) is 9.47 Å². The zero-order valence-corrected chi connectivity index (χ0v) is 20.4. The van der Waals surface area contributed by atoms with Crippen LogP contribution in [-0.4, -0.2) is 105 Å². The molecule has 1 fully saturated rings. The number of rotatable bonds is 10. The van der Waals surface area contributed by atoms with E-state index in [0.29, 0.717) is 12.5 Å². The summed E-state index contributed by atoms with van der Waals surface area (Å²) in [7, 11) is 3.82. The Balaban J connectivity index is 2.52. The number of carbonyl (C=O) groups excluding carboxylic acids is 1. The van der Waals surface area contributed by atoms with Gasteiger partial charge in [-0.15, -0.1) is 0 Å². The maximum Gasteiger partial charge on any atom is 0.410 e. The molecule has 1 N–H and O–H groups in total. The molecule has 1 saturated heterocycles. The number of aliphatic imine (C=N–C) groups is 1. The maximum absolute atomic E-state index is 12.4. The van der Waals surface area contributed by atoms with E-state index in [9.17, 15) is 4.79 Å². The van der Waals surface area contributed by atoms with Crippen LogP contribution >= 0.6 is 0 Å². The second kappa shape index (κ2) is 13.7. The maximum atomic E-state index is 12.4. The molecule has 0 aliphatic carbocycles. The largest absolute Gasteiger partial charge is 0.444 e. The predicted octanol–water partition coefficient (Wildman–Crippen LogP) is 2.50. The van der Waals surface area contributed by atoms with Gasteiger partial charge in [0.25, 0.3) is 0 Å². The van der Waals surface area contributed by atoms with Gasteiger partial charge in [0, 0.05) is 52.9 Å². The monoisotopic (exact) mass is 427 g/mol. The standard InChI is InChI=1S/C22H45N5O3/c1-8-23-20(24-12-15-25(6)16-17-29-7)27-13-10-19(11-14-27)18-26(9-2)21(28)30-22(3,4)5/h19H,8-18H2,1-7H3,(H,23,24). The fourth-order valence-corrected chi connectivity index (χ4v) is 3.41. The molecule has 1 rings (SSSR count). The molecular formula is C22H45N5O3. The molecule has 1 heterocycles. The molecule has 0 unspecified atom stereocenters. The lowest BCUT2D eigenvalue weighted by Crippen LogP contribution is -2.48. The summed E-state index contributed by atoms with van der Waals surface area (Å²) in [5.41, 5.74) is -0.456. The Morgan fingerprint density at radius 3 is 2.40 bits per heavy atom. The number of likely N-dealkylation sites (N-methyl/N-ethyl adjacent to an activating group) is 1. The SMILES string of the molecule is CCNC(=NCCN(C)CCOC)N1CCC(CN(CC)C(=O)OC(C)(C)C)CC1. The van der Waals surface area contributed by atoms with Gasteiger partial charge in [0.1, 0.15) is 5.60 Å². The summed E-state index contributed by atoms with van der Waals surface area (Å²) in [6.45, 7) is 17.4. The number of amides is 1. The number of hydrogen-bond donors (Lipinski definition) is 1. The van der Waals surface area contributed by atoms with Gasteiger partial charge < -0.3 is 29.5 Å². The van der Waals surface area contributed by atoms with E-state index in [1.165, 1.54) is 0 Å². The molecule has 0 radical (unpaired) electrons. The first-order valence-corrected chi connectivity index (χ1v) is 11.4. The van der Waals surface area contributed by atoms with Gasteiger partial charge in [0.05, 0.1) is 13.2 Å². The second-order valence-electron chi connectivity index (χ2n) is 8.98. The van der Waals surface area contributed by atoms with Crippen LogP contribution < -0.4 is 5.32 Å². The summed E-state index contributed by atoms with van der Waals surface area (Å²) in [6, 6.07) is 0. The lowest BCUT2D eigenvalue weighted by Gasteiger charge is -2.36. The molecule has 0 aromatic carbocycles. The zero-order chi connectivity index (χ0) is 22.6. The molecular weight excluding hydrogens is 382 g/mol. The highest BCUT2D eigenvalue weighted by Crippen LogP contribution is 2.20. The summed E-state index contributed by atoms with van der Waals surface area (Å²) in [5, 5.41) is 3.43. The molecule has 0 atom stereocenters. The third-order valence-electron chi connectivity index (χ3n) is 5.18. The molecule has 176 valence electrons. The molecule has 30 heavy (non-hydrogen) atoms. The van der Waals surface area contributed by atoms with Gasteiger partial charge in [0.2, 0.25) is 0 Å². The van der Waals surface area contributed by atoms with Gasteiger partial charge in [-0.3, -0.25) is 4.99 Å². The number of nitrogens with one attached hydrogen (secondary N) is 1. The third kappa shape index (κ3) is 10.5. The van der Waals surface area contributed by atoms with E-state index in [4.69, 9.17) is 14.5 Å². The number of nitrogens with zero attached hydrogens (tertiary/aromatic N) is 4. The van der Waals surface area contributed by atoms with Crippen LogP contribution in [0.4, 0.5) is 4.79 Å². The highest BCUT2D eigenvalue weighted by atomic mass is 16.6. The fraction of sp³-hybridized carbons (Fsp3) is 0.909. The van der Waals surface area contributed by atoms with Crippen molar-refractivity contribution in [2.24, 2.45) is 10.9 Å². The van der Waals surface area contributed by atoms with Gasteiger partial charge in [-0.05, 0) is 60.4 Å². The average Bonchev–Trinajstić information content (AvgIpc) is 2.69. The van der Waals surface area contributed by atoms with Gasteiger partial charge in [-0.1, -0.05) is 0 Å². The molecule has 1 aliphatic heterocycles. The number of likely N-dealkylation sites (tertiary alicyclic amines) is 1. The normalized spacial score (nSPS) is 16.1. The molecule has 8 nitrogen and oxygen atoms in total. The van der Waals surface area contributed by atoms with E-state index in [0.717, 1.165) is 71.2 Å². The van der Waals surface area contributed by atoms with Crippen LogP contribution in [0.25, 0.3) is 0 Å². The van der Waals surface area contributed by atoms with Crippen LogP contribution in [0.5, 0.6) is 0 Å². The number of hydrogen-bond acceptors (Lipinski definition) is 5. The predicted molar refractivity (Wildman–Crippen MR) is 123 cm³/mol. The zero-order valence-electron chi connectivity index (χ0n) is 20.4. The minimum atomic E-state index is -0.456. The Labute approximate surface area is 184 Å². The van der Waals surface area contributed by atoms with E-state index in [-0.39, 0.29) is 6.09 Å². The number of carbonyl (C=O) groups is 1. The minimum absolute atomic E-state index is 0.208. The number of piperidine rings is 1. The van der Waals surface area contributed by atoms with Crippen LogP contribution in [0.3, 0.4) is 0 Å². The minimum Gasteiger partial charge on any atom is -0.444 e. The Bertz CT molecular complexity index is 513. The smallest absolute Gasteiger partial charge is 0.410 e. The van der Waals surface area contributed by atoms with Crippen molar-refractivity contribution in [1.82, 2.24) is 20.0 Å². The van der Waals surface area contributed by atoms with Crippen LogP contribution in [0.2, 0.25) is 0 Å². The summed E-state index contributed by atoms with van der Waals surface area (Å²) in [5.74, 6) is 1.49. The Kier molecular flexibility index (Phi) is 12.1. The Morgan fingerprint density at radius 1 is 1.20 bits per heavy atom. The van der Waals surface area contributed by atoms with Crippen molar-refractivity contribution in [3.63, 3.8) is 0 Å². The van der Waals surface area contributed by atoms with Gasteiger partial charge in [-0.2, -0.15) is 0 Å². The summed E-state index contributed by atoms with van der Waals surface area (Å²) < 4.78 is 10.7. The lowest BCUT2D eigenvalue weighted by atomic mass is 9.96. The van der Waals surface area contributed by atoms with Crippen molar-refractivity contribution >= 4 is 12.1 Å². The lowest BCUT2D eigenvalue weighted by molar-refractivity contribution is 0.0214. The van der Waals surface area contributed by atoms with Crippen molar-refractivity contribution in [3.05, 3.63) is 0 Å². The molecule has 0 aromatic heterocycles. The van der Waals surface area contributed by atoms with Crippen LogP contribution in [0.1, 0.15) is 47.5 Å². The van der Waals surface area contributed by atoms with Crippen LogP contribution in [0.15, 0.2) is 4.99 Å². The Morgan fingerprint density at radius 2 is 1.87 bits per heavy atom. The highest BCUT2D eigenvalue weighted by Gasteiger charge is 2.27. The van der Waals surface area contributed by atoms with E-state index in [2.05, 4.69) is 29.1 Å². The van der Waals surface area contributed by atoms with E-state index >= 15 is 0 Å². The van der Waals surface area contributed by atoms with Gasteiger partial charge in [0.15, 0.2) is 5.96 Å². The molecule has 0 bridgehead atoms. The number of ether oxygens (including phenoxy) is 2. The molecule has 1 amide bonds. The van der Waals surface area contributed by atoms with E-state index in [1.54, 1.807) is 7.11 Å². The highest BCUT2D eigenvalue weighted by molar-refractivity contribution is 5.80. The van der Waals surface area contributed by atoms with Gasteiger partial charge in [-0.25, -0.2) is 4.79 Å². The molecule has 0 aromatic rings. The van der Waals surface area contributed by atoms with Crippen LogP contribution in [0, 0.1) is 5.92 Å². The second-order valence-corrected chi connectivity index (χ2v) is 8.98. The Hall–Kier alpha value is -1.54. The first-order chi connectivity index (χ1) is 14.2. The van der Waals surface area contributed by atoms with Crippen molar-refractivity contribution < 1.29 is 14.3 Å². The van der Waals surface area contributed by atoms with Crippen molar-refractivity contribution in [1.29, 1.82) is 0 Å². The third-order valence-corrected chi connectivity index (χ3v) is 5.18. The van der Waals surface area contributed by atoms with E-state index < -0.39 is 5.60 Å². The first-order valence-electron chi connectivity index (χ1n) is 11.4. The topological polar surface area (TPSA) is 69.6 Å². The van der Waals surface area contributed by atoms with Crippen molar-refractivity contribution in [2.45, 2.75) is 53.1 Å². The molecule has 0 spiro atoms. The van der Waals surface area contributed by atoms with Crippen molar-refractivity contribution in [2.75, 3.05) is 73.1 Å². The summed E-state index contributed by atoms with van der Waals surface area (Å²) >= 11 is 0. The van der Waals surface area contributed by atoms with E-state index in [1.807, 2.05) is 32.6 Å².